The molecule has 2 atom stereocenters. The van der Waals surface area contributed by atoms with Gasteiger partial charge in [0.1, 0.15) is 11.8 Å². The van der Waals surface area contributed by atoms with E-state index in [2.05, 4.69) is 21.3 Å². The van der Waals surface area contributed by atoms with E-state index in [9.17, 15) is 19.2 Å². The van der Waals surface area contributed by atoms with E-state index in [1.807, 2.05) is 18.4 Å². The number of carbonyl (C=O) groups excluding carboxylic acids is 3. The maximum Gasteiger partial charge on any atom is 0.262 e. The number of aryl methyl sites for hydroxylation is 1. The van der Waals surface area contributed by atoms with Crippen LogP contribution in [0.3, 0.4) is 0 Å². The van der Waals surface area contributed by atoms with Crippen LogP contribution in [0.1, 0.15) is 36.9 Å². The van der Waals surface area contributed by atoms with E-state index in [1.54, 1.807) is 50.2 Å². The second-order valence-electron chi connectivity index (χ2n) is 11.1. The monoisotopic (exact) mass is 662 g/mol. The van der Waals surface area contributed by atoms with Crippen LogP contribution in [0.4, 0.5) is 17.1 Å². The van der Waals surface area contributed by atoms with Crippen molar-refractivity contribution < 1.29 is 33.3 Å². The Kier molecular flexibility index (Phi) is 10.4. The molecule has 13 heteroatoms. The van der Waals surface area contributed by atoms with Gasteiger partial charge < -0.3 is 40.2 Å². The minimum absolute atomic E-state index is 0.108. The fourth-order valence-electron chi connectivity index (χ4n) is 5.90. The second kappa shape index (κ2) is 14.7. The van der Waals surface area contributed by atoms with E-state index in [-0.39, 0.29) is 35.4 Å². The van der Waals surface area contributed by atoms with Gasteiger partial charge in [0.2, 0.25) is 23.0 Å². The molecule has 12 nitrogen and oxygen atoms in total. The van der Waals surface area contributed by atoms with E-state index in [0.29, 0.717) is 70.5 Å². The molecule has 3 aromatic carbocycles. The highest BCUT2D eigenvalue weighted by Gasteiger charge is 2.30. The summed E-state index contributed by atoms with van der Waals surface area (Å²) in [5, 5.41) is 11.8. The van der Waals surface area contributed by atoms with Crippen LogP contribution >= 0.6 is 11.8 Å². The standard InChI is InChI=1S/C34H38N4O8S/c1-18(39)35-23-9-6-19-14-29(43-2)32(44-3)33(45-4)31(19)21-8-11-24(27(40)16-22(21)23)37-26(12-13-47-5)34(42)36-20-7-10-25-28(15-20)46-17-30(41)38-25/h7-8,10-11,14-16,23,26H,6,9,12-13,17H2,1-5H3,(H,35,39)(H,36,42)(H,37,40)(H,38,41). The highest BCUT2D eigenvalue weighted by molar-refractivity contribution is 7.98. The lowest BCUT2D eigenvalue weighted by atomic mass is 9.95. The summed E-state index contributed by atoms with van der Waals surface area (Å²) in [4.78, 5) is 51.4. The van der Waals surface area contributed by atoms with Crippen molar-refractivity contribution in [3.63, 3.8) is 0 Å². The summed E-state index contributed by atoms with van der Waals surface area (Å²) in [6.45, 7) is 1.33. The summed E-state index contributed by atoms with van der Waals surface area (Å²) in [6.07, 6.45) is 3.48. The molecule has 0 bridgehead atoms. The molecule has 248 valence electrons. The number of benzene rings is 2. The summed E-state index contributed by atoms with van der Waals surface area (Å²) in [5.41, 5.74) is 3.84. The average Bonchev–Trinajstić information content (AvgIpc) is 3.30. The van der Waals surface area contributed by atoms with E-state index in [0.717, 1.165) is 11.1 Å². The van der Waals surface area contributed by atoms with Gasteiger partial charge in [-0.25, -0.2) is 0 Å². The highest BCUT2D eigenvalue weighted by atomic mass is 32.2. The Hall–Kier alpha value is -4.91. The molecule has 0 aromatic heterocycles. The number of anilines is 3. The van der Waals surface area contributed by atoms with Crippen LogP contribution in [0.2, 0.25) is 0 Å². The maximum absolute atomic E-state index is 13.9. The maximum atomic E-state index is 13.9. The Morgan fingerprint density at radius 3 is 2.53 bits per heavy atom. The molecule has 3 aromatic rings. The van der Waals surface area contributed by atoms with Gasteiger partial charge in [0.15, 0.2) is 18.1 Å². The van der Waals surface area contributed by atoms with E-state index in [4.69, 9.17) is 18.9 Å². The van der Waals surface area contributed by atoms with Crippen LogP contribution in [-0.2, 0) is 20.8 Å². The van der Waals surface area contributed by atoms with Gasteiger partial charge in [-0.3, -0.25) is 19.2 Å². The molecule has 0 saturated carbocycles. The fourth-order valence-corrected chi connectivity index (χ4v) is 6.37. The fraction of sp³-hybridized carbons (Fsp3) is 0.353. The summed E-state index contributed by atoms with van der Waals surface area (Å²) >= 11 is 1.58. The minimum atomic E-state index is -0.758. The molecule has 1 aliphatic heterocycles. The van der Waals surface area contributed by atoms with Crippen LogP contribution in [0.25, 0.3) is 11.1 Å². The molecule has 0 spiro atoms. The Morgan fingerprint density at radius 2 is 1.83 bits per heavy atom. The Morgan fingerprint density at radius 1 is 1.04 bits per heavy atom. The lowest BCUT2D eigenvalue weighted by Crippen LogP contribution is -2.36. The highest BCUT2D eigenvalue weighted by Crippen LogP contribution is 2.50. The molecule has 3 amide bonds. The first-order valence-corrected chi connectivity index (χ1v) is 16.5. The average molecular weight is 663 g/mol. The predicted octanol–water partition coefficient (Wildman–Crippen LogP) is 4.37. The summed E-state index contributed by atoms with van der Waals surface area (Å²) < 4.78 is 22.6. The Labute approximate surface area is 276 Å². The van der Waals surface area contributed by atoms with Crippen molar-refractivity contribution in [3.8, 4) is 34.1 Å². The molecule has 2 aliphatic rings. The zero-order valence-electron chi connectivity index (χ0n) is 26.9. The summed E-state index contributed by atoms with van der Waals surface area (Å²) in [7, 11) is 4.63. The molecular formula is C34H38N4O8S. The Bertz CT molecular complexity index is 1770. The van der Waals surface area contributed by atoms with Gasteiger partial charge in [-0.15, -0.1) is 0 Å². The molecule has 1 aliphatic carbocycles. The van der Waals surface area contributed by atoms with Crippen LogP contribution in [-0.4, -0.2) is 63.7 Å². The first kappa shape index (κ1) is 33.5. The summed E-state index contributed by atoms with van der Waals surface area (Å²) in [5.74, 6) is 1.66. The normalized spacial score (nSPS) is 15.3. The third-order valence-electron chi connectivity index (χ3n) is 8.05. The van der Waals surface area contributed by atoms with Crippen LogP contribution in [0.15, 0.2) is 47.3 Å². The zero-order chi connectivity index (χ0) is 33.7. The van der Waals surface area contributed by atoms with Crippen LogP contribution in [0, 0.1) is 0 Å². The van der Waals surface area contributed by atoms with Crippen molar-refractivity contribution in [2.24, 2.45) is 0 Å². The third kappa shape index (κ3) is 7.25. The number of hydrogen-bond donors (Lipinski definition) is 4. The van der Waals surface area contributed by atoms with Crippen molar-refractivity contribution in [2.45, 2.75) is 38.3 Å². The van der Waals surface area contributed by atoms with Crippen molar-refractivity contribution in [2.75, 3.05) is 55.9 Å². The number of hydrogen-bond acceptors (Lipinski definition) is 10. The zero-order valence-corrected chi connectivity index (χ0v) is 27.7. The van der Waals surface area contributed by atoms with Crippen molar-refractivity contribution in [3.05, 3.63) is 63.8 Å². The van der Waals surface area contributed by atoms with Crippen LogP contribution in [0.5, 0.6) is 23.0 Å². The number of amides is 3. The van der Waals surface area contributed by atoms with Gasteiger partial charge in [-0.2, -0.15) is 11.8 Å². The van der Waals surface area contributed by atoms with Crippen LogP contribution < -0.4 is 45.6 Å². The largest absolute Gasteiger partial charge is 0.493 e. The molecule has 0 fully saturated rings. The van der Waals surface area contributed by atoms with E-state index < -0.39 is 12.1 Å². The first-order chi connectivity index (χ1) is 22.7. The molecular weight excluding hydrogens is 624 g/mol. The van der Waals surface area contributed by atoms with Gasteiger partial charge >= 0.3 is 0 Å². The summed E-state index contributed by atoms with van der Waals surface area (Å²) in [6, 6.07) is 10.6. The van der Waals surface area contributed by atoms with Gasteiger partial charge in [-0.05, 0) is 78.3 Å². The lowest BCUT2D eigenvalue weighted by molar-refractivity contribution is -0.120. The molecule has 2 unspecified atom stereocenters. The molecule has 5 rings (SSSR count). The number of nitrogens with one attached hydrogen (secondary N) is 4. The molecule has 4 N–H and O–H groups in total. The number of fused-ring (bicyclic) bond motifs is 4. The Balaban J connectivity index is 1.55. The van der Waals surface area contributed by atoms with E-state index in [1.165, 1.54) is 20.1 Å². The quantitative estimate of drug-likeness (QED) is 0.233. The number of methoxy groups -OCH3 is 3. The topological polar surface area (TPSA) is 153 Å². The smallest absolute Gasteiger partial charge is 0.262 e. The number of ether oxygens (including phenoxy) is 4. The number of rotatable bonds is 11. The molecule has 1 heterocycles. The van der Waals surface area contributed by atoms with Gasteiger partial charge in [0, 0.05) is 24.2 Å². The van der Waals surface area contributed by atoms with Crippen molar-refractivity contribution in [1.82, 2.24) is 5.32 Å². The molecule has 47 heavy (non-hydrogen) atoms. The molecule has 0 radical (unpaired) electrons. The third-order valence-corrected chi connectivity index (χ3v) is 8.70. The SMILES string of the molecule is COc1cc2c(c(OC)c1OC)-c1ccc(NC(CCSC)C(=O)Nc3ccc4c(c3)OCC(=O)N4)c(=O)cc1C(NC(C)=O)CC2. The van der Waals surface area contributed by atoms with Gasteiger partial charge in [0.25, 0.3) is 5.91 Å². The number of thioether (sulfide) groups is 1. The second-order valence-corrected chi connectivity index (χ2v) is 12.1. The van der Waals surface area contributed by atoms with E-state index >= 15 is 0 Å². The number of carbonyl (C=O) groups is 3. The lowest BCUT2D eigenvalue weighted by Gasteiger charge is -2.21. The minimum Gasteiger partial charge on any atom is -0.493 e. The molecule has 0 saturated heterocycles. The van der Waals surface area contributed by atoms with Crippen molar-refractivity contribution in [1.29, 1.82) is 0 Å². The first-order valence-electron chi connectivity index (χ1n) is 15.1. The predicted molar refractivity (Wildman–Crippen MR) is 182 cm³/mol. The van der Waals surface area contributed by atoms with Gasteiger partial charge in [0.05, 0.1) is 38.7 Å². The van der Waals surface area contributed by atoms with Gasteiger partial charge in [-0.1, -0.05) is 6.07 Å². The van der Waals surface area contributed by atoms with Crippen molar-refractivity contribution >= 4 is 46.5 Å².